The molecule has 124 valence electrons. The first-order chi connectivity index (χ1) is 11.6. The molecule has 2 aromatic heterocycles. The lowest BCUT2D eigenvalue weighted by atomic mass is 10.2. The number of anilines is 3. The van der Waals surface area contributed by atoms with Crippen LogP contribution in [-0.4, -0.2) is 21.0 Å². The van der Waals surface area contributed by atoms with Crippen LogP contribution in [0.4, 0.5) is 17.5 Å². The molecule has 1 aromatic carbocycles. The zero-order valence-electron chi connectivity index (χ0n) is 14.1. The van der Waals surface area contributed by atoms with E-state index >= 15 is 0 Å². The van der Waals surface area contributed by atoms with Crippen LogP contribution in [0.15, 0.2) is 24.3 Å². The molecule has 1 aliphatic rings. The van der Waals surface area contributed by atoms with Crippen molar-refractivity contribution in [2.45, 2.75) is 45.6 Å². The van der Waals surface area contributed by atoms with Gasteiger partial charge in [-0.25, -0.2) is 9.97 Å². The summed E-state index contributed by atoms with van der Waals surface area (Å²) in [5, 5.41) is 7.82. The summed E-state index contributed by atoms with van der Waals surface area (Å²) in [6.45, 7) is 6.23. The van der Waals surface area contributed by atoms with Gasteiger partial charge in [-0.3, -0.25) is 0 Å². The smallest absolute Gasteiger partial charge is 0.225 e. The highest BCUT2D eigenvalue weighted by Crippen LogP contribution is 2.40. The van der Waals surface area contributed by atoms with Crippen molar-refractivity contribution in [3.63, 3.8) is 0 Å². The van der Waals surface area contributed by atoms with Crippen LogP contribution >= 0.6 is 11.3 Å². The van der Waals surface area contributed by atoms with Gasteiger partial charge in [0.2, 0.25) is 5.95 Å². The third-order valence-corrected chi connectivity index (χ3v) is 4.88. The van der Waals surface area contributed by atoms with Gasteiger partial charge in [0.05, 0.1) is 20.9 Å². The number of hydrogen-bond acceptors (Lipinski definition) is 6. The molecule has 1 aliphatic carbocycles. The van der Waals surface area contributed by atoms with Crippen molar-refractivity contribution in [2.75, 3.05) is 10.6 Å². The van der Waals surface area contributed by atoms with Gasteiger partial charge in [0.15, 0.2) is 0 Å². The molecule has 1 fully saturated rings. The van der Waals surface area contributed by atoms with E-state index in [-0.39, 0.29) is 0 Å². The summed E-state index contributed by atoms with van der Waals surface area (Å²) in [7, 11) is 0. The van der Waals surface area contributed by atoms with Crippen LogP contribution < -0.4 is 10.6 Å². The van der Waals surface area contributed by atoms with Crippen LogP contribution in [0.1, 0.15) is 43.3 Å². The van der Waals surface area contributed by atoms with E-state index in [0.717, 1.165) is 27.7 Å². The molecule has 3 aromatic rings. The van der Waals surface area contributed by atoms with Crippen molar-refractivity contribution in [3.8, 4) is 0 Å². The SMILES string of the molecule is Cc1nc2cc(Nc3cc(C4CC4)nc(NC(C)C)n3)ccc2s1. The van der Waals surface area contributed by atoms with Crippen LogP contribution in [0, 0.1) is 6.92 Å². The summed E-state index contributed by atoms with van der Waals surface area (Å²) in [6.07, 6.45) is 2.45. The van der Waals surface area contributed by atoms with Gasteiger partial charge in [-0.2, -0.15) is 4.98 Å². The van der Waals surface area contributed by atoms with Crippen molar-refractivity contribution in [2.24, 2.45) is 0 Å². The topological polar surface area (TPSA) is 62.7 Å². The van der Waals surface area contributed by atoms with E-state index < -0.39 is 0 Å². The number of thiazole rings is 1. The number of nitrogens with one attached hydrogen (secondary N) is 2. The predicted octanol–water partition coefficient (Wildman–Crippen LogP) is 4.84. The molecule has 0 radical (unpaired) electrons. The maximum Gasteiger partial charge on any atom is 0.225 e. The van der Waals surface area contributed by atoms with E-state index in [9.17, 15) is 0 Å². The first kappa shape index (κ1) is 15.3. The zero-order chi connectivity index (χ0) is 16.7. The standard InChI is InChI=1S/C18H21N5S/c1-10(2)19-18-22-14(12-4-5-12)9-17(23-18)21-13-6-7-16-15(8-13)20-11(3)24-16/h6-10,12H,4-5H2,1-3H3,(H2,19,21,22,23). The minimum atomic E-state index is 0.307. The molecule has 6 heteroatoms. The molecule has 1 saturated carbocycles. The van der Waals surface area contributed by atoms with Crippen molar-refractivity contribution in [1.82, 2.24) is 15.0 Å². The third kappa shape index (κ3) is 3.33. The Balaban J connectivity index is 1.64. The van der Waals surface area contributed by atoms with Gasteiger partial charge in [-0.15, -0.1) is 11.3 Å². The average Bonchev–Trinajstić information content (AvgIpc) is 3.28. The fraction of sp³-hybridized carbons (Fsp3) is 0.389. The molecule has 2 N–H and O–H groups in total. The number of aryl methyl sites for hydroxylation is 1. The van der Waals surface area contributed by atoms with Crippen molar-refractivity contribution < 1.29 is 0 Å². The molecule has 0 aliphatic heterocycles. The van der Waals surface area contributed by atoms with Crippen LogP contribution in [-0.2, 0) is 0 Å². The number of benzene rings is 1. The van der Waals surface area contributed by atoms with E-state index in [1.165, 1.54) is 17.5 Å². The molecular weight excluding hydrogens is 318 g/mol. The summed E-state index contributed by atoms with van der Waals surface area (Å²) in [5.74, 6) is 2.12. The van der Waals surface area contributed by atoms with Crippen LogP contribution in [0.25, 0.3) is 10.2 Å². The lowest BCUT2D eigenvalue weighted by Crippen LogP contribution is -2.14. The molecule has 0 atom stereocenters. The Morgan fingerprint density at radius 1 is 1.12 bits per heavy atom. The number of rotatable bonds is 5. The lowest BCUT2D eigenvalue weighted by Gasteiger charge is -2.13. The van der Waals surface area contributed by atoms with E-state index in [1.807, 2.05) is 6.92 Å². The maximum atomic E-state index is 4.66. The lowest BCUT2D eigenvalue weighted by molar-refractivity contribution is 0.864. The molecular formula is C18H21N5S. The second-order valence-corrected chi connectivity index (χ2v) is 7.85. The highest BCUT2D eigenvalue weighted by atomic mass is 32.1. The molecule has 0 amide bonds. The van der Waals surface area contributed by atoms with E-state index in [4.69, 9.17) is 0 Å². The minimum absolute atomic E-state index is 0.307. The van der Waals surface area contributed by atoms with Gasteiger partial charge < -0.3 is 10.6 Å². The molecule has 5 nitrogen and oxygen atoms in total. The summed E-state index contributed by atoms with van der Waals surface area (Å²) in [5.41, 5.74) is 3.16. The van der Waals surface area contributed by atoms with Gasteiger partial charge in [0, 0.05) is 23.7 Å². The minimum Gasteiger partial charge on any atom is -0.352 e. The zero-order valence-corrected chi connectivity index (χ0v) is 14.9. The van der Waals surface area contributed by atoms with Crippen LogP contribution in [0.3, 0.4) is 0 Å². The number of nitrogens with zero attached hydrogens (tertiary/aromatic N) is 3. The van der Waals surface area contributed by atoms with Gasteiger partial charge in [-0.1, -0.05) is 0 Å². The quantitative estimate of drug-likeness (QED) is 0.696. The monoisotopic (exact) mass is 339 g/mol. The Kier molecular flexibility index (Phi) is 3.84. The van der Waals surface area contributed by atoms with Crippen molar-refractivity contribution >= 4 is 39.0 Å². The molecule has 2 heterocycles. The van der Waals surface area contributed by atoms with E-state index in [1.54, 1.807) is 11.3 Å². The van der Waals surface area contributed by atoms with Gasteiger partial charge in [0.1, 0.15) is 5.82 Å². The highest BCUT2D eigenvalue weighted by Gasteiger charge is 2.26. The number of hydrogen-bond donors (Lipinski definition) is 2. The Hall–Kier alpha value is -2.21. The summed E-state index contributed by atoms with van der Waals surface area (Å²) < 4.78 is 1.21. The van der Waals surface area contributed by atoms with Crippen molar-refractivity contribution in [3.05, 3.63) is 35.0 Å². The normalized spacial score (nSPS) is 14.3. The molecule has 4 rings (SSSR count). The first-order valence-electron chi connectivity index (χ1n) is 8.36. The Morgan fingerprint density at radius 3 is 2.71 bits per heavy atom. The van der Waals surface area contributed by atoms with Gasteiger partial charge >= 0.3 is 0 Å². The molecule has 24 heavy (non-hydrogen) atoms. The third-order valence-electron chi connectivity index (χ3n) is 3.93. The Morgan fingerprint density at radius 2 is 1.96 bits per heavy atom. The molecule has 0 bridgehead atoms. The largest absolute Gasteiger partial charge is 0.352 e. The highest BCUT2D eigenvalue weighted by molar-refractivity contribution is 7.18. The molecule has 0 spiro atoms. The second-order valence-electron chi connectivity index (χ2n) is 6.62. The fourth-order valence-electron chi connectivity index (χ4n) is 2.71. The maximum absolute atomic E-state index is 4.66. The second kappa shape index (κ2) is 6.02. The number of fused-ring (bicyclic) bond motifs is 1. The average molecular weight is 339 g/mol. The summed E-state index contributed by atoms with van der Waals surface area (Å²) in [4.78, 5) is 13.8. The van der Waals surface area contributed by atoms with E-state index in [2.05, 4.69) is 63.7 Å². The Labute approximate surface area is 145 Å². The van der Waals surface area contributed by atoms with Crippen LogP contribution in [0.5, 0.6) is 0 Å². The van der Waals surface area contributed by atoms with Gasteiger partial charge in [0.25, 0.3) is 0 Å². The number of aromatic nitrogens is 3. The summed E-state index contributed by atoms with van der Waals surface area (Å²) in [6, 6.07) is 8.64. The van der Waals surface area contributed by atoms with Crippen LogP contribution in [0.2, 0.25) is 0 Å². The van der Waals surface area contributed by atoms with Gasteiger partial charge in [-0.05, 0) is 51.8 Å². The predicted molar refractivity (Wildman–Crippen MR) is 100 cm³/mol. The fourth-order valence-corrected chi connectivity index (χ4v) is 3.52. The first-order valence-corrected chi connectivity index (χ1v) is 9.18. The molecule has 0 unspecified atom stereocenters. The molecule has 0 saturated heterocycles. The van der Waals surface area contributed by atoms with Crippen molar-refractivity contribution in [1.29, 1.82) is 0 Å². The summed E-state index contributed by atoms with van der Waals surface area (Å²) >= 11 is 1.72. The van der Waals surface area contributed by atoms with E-state index in [0.29, 0.717) is 17.9 Å². The Bertz CT molecular complexity index is 882.